The summed E-state index contributed by atoms with van der Waals surface area (Å²) in [5.74, 6) is -0.356. The average Bonchev–Trinajstić information content (AvgIpc) is 2.60. The zero-order valence-electron chi connectivity index (χ0n) is 10.6. The van der Waals surface area contributed by atoms with E-state index >= 15 is 0 Å². The average molecular weight is 340 g/mol. The summed E-state index contributed by atoms with van der Waals surface area (Å²) in [7, 11) is 0. The molecular weight excluding hydrogens is 326 g/mol. The molecule has 2 heterocycles. The van der Waals surface area contributed by atoms with Crippen LogP contribution in [0.5, 0.6) is 0 Å². The normalized spacial score (nSPS) is 22.1. The number of nitrogens with one attached hydrogen (secondary N) is 2. The summed E-state index contributed by atoms with van der Waals surface area (Å²) >= 11 is 3.48. The molecule has 0 spiro atoms. The summed E-state index contributed by atoms with van der Waals surface area (Å²) in [6.07, 6.45) is -0.666. The van der Waals surface area contributed by atoms with Gasteiger partial charge in [-0.05, 0) is 28.1 Å². The van der Waals surface area contributed by atoms with Crippen LogP contribution in [0, 0.1) is 0 Å². The quantitative estimate of drug-likeness (QED) is 0.705. The summed E-state index contributed by atoms with van der Waals surface area (Å²) in [5.41, 5.74) is 2.12. The number of carbonyl (C=O) groups excluding carboxylic acids is 2. The van der Waals surface area contributed by atoms with Crippen molar-refractivity contribution in [2.45, 2.75) is 12.5 Å². The molecule has 0 aromatic heterocycles. The van der Waals surface area contributed by atoms with Crippen LogP contribution in [-0.2, 0) is 9.59 Å². The number of amides is 2. The van der Waals surface area contributed by atoms with Gasteiger partial charge >= 0.3 is 0 Å². The summed E-state index contributed by atoms with van der Waals surface area (Å²) in [4.78, 5) is 24.9. The third-order valence-electron chi connectivity index (χ3n) is 3.57. The number of fused-ring (bicyclic) bond motifs is 1. The van der Waals surface area contributed by atoms with Gasteiger partial charge in [-0.3, -0.25) is 9.59 Å². The van der Waals surface area contributed by atoms with Gasteiger partial charge in [0.2, 0.25) is 5.91 Å². The molecule has 0 radical (unpaired) electrons. The number of anilines is 2. The minimum Gasteiger partial charge on any atom is -0.378 e. The molecule has 3 N–H and O–H groups in total. The molecule has 2 amide bonds. The molecule has 20 heavy (non-hydrogen) atoms. The van der Waals surface area contributed by atoms with Crippen molar-refractivity contribution in [3.8, 4) is 0 Å². The Labute approximate surface area is 124 Å². The lowest BCUT2D eigenvalue weighted by molar-refractivity contribution is -0.123. The van der Waals surface area contributed by atoms with E-state index in [1.165, 1.54) is 0 Å². The maximum absolute atomic E-state index is 11.5. The van der Waals surface area contributed by atoms with E-state index in [-0.39, 0.29) is 5.91 Å². The molecule has 2 aliphatic rings. The van der Waals surface area contributed by atoms with Gasteiger partial charge in [-0.25, -0.2) is 0 Å². The Bertz CT molecular complexity index is 590. The first-order valence-corrected chi connectivity index (χ1v) is 7.19. The van der Waals surface area contributed by atoms with E-state index in [0.717, 1.165) is 10.2 Å². The molecule has 1 saturated heterocycles. The molecule has 3 rings (SSSR count). The predicted octanol–water partition coefficient (Wildman–Crippen LogP) is 0.761. The Hall–Kier alpha value is -1.60. The minimum atomic E-state index is -1.11. The van der Waals surface area contributed by atoms with Crippen LogP contribution in [-0.4, -0.2) is 36.6 Å². The number of halogens is 1. The van der Waals surface area contributed by atoms with Crippen molar-refractivity contribution in [3.05, 3.63) is 22.2 Å². The number of rotatable bonds is 1. The highest BCUT2D eigenvalue weighted by molar-refractivity contribution is 9.10. The molecule has 106 valence electrons. The fourth-order valence-electron chi connectivity index (χ4n) is 2.50. The van der Waals surface area contributed by atoms with Crippen molar-refractivity contribution in [2.24, 2.45) is 0 Å². The summed E-state index contributed by atoms with van der Waals surface area (Å²) in [5, 5.41) is 15.2. The predicted molar refractivity (Wildman–Crippen MR) is 77.6 cm³/mol. The lowest BCUT2D eigenvalue weighted by Gasteiger charge is -2.24. The van der Waals surface area contributed by atoms with E-state index in [1.54, 1.807) is 6.07 Å². The van der Waals surface area contributed by atoms with Gasteiger partial charge in [0, 0.05) is 41.8 Å². The fraction of sp³-hybridized carbons (Fsp3) is 0.385. The van der Waals surface area contributed by atoms with Crippen molar-refractivity contribution in [1.29, 1.82) is 0 Å². The number of aliphatic hydroxyl groups is 1. The van der Waals surface area contributed by atoms with E-state index in [0.29, 0.717) is 37.3 Å². The molecule has 1 fully saturated rings. The fourth-order valence-corrected chi connectivity index (χ4v) is 3.12. The van der Waals surface area contributed by atoms with Crippen LogP contribution in [0.3, 0.4) is 0 Å². The Kier molecular flexibility index (Phi) is 3.39. The highest BCUT2D eigenvalue weighted by atomic mass is 79.9. The molecule has 6 nitrogen and oxygen atoms in total. The number of aliphatic hydroxyl groups excluding tert-OH is 1. The van der Waals surface area contributed by atoms with Crippen LogP contribution in [0.2, 0.25) is 0 Å². The van der Waals surface area contributed by atoms with Gasteiger partial charge in [0.15, 0.2) is 6.10 Å². The molecule has 7 heteroatoms. The van der Waals surface area contributed by atoms with E-state index in [9.17, 15) is 14.7 Å². The second-order valence-electron chi connectivity index (χ2n) is 4.87. The van der Waals surface area contributed by atoms with Crippen LogP contribution in [0.25, 0.3) is 0 Å². The van der Waals surface area contributed by atoms with Crippen LogP contribution >= 0.6 is 15.9 Å². The molecule has 1 aromatic rings. The highest BCUT2D eigenvalue weighted by Crippen LogP contribution is 2.39. The largest absolute Gasteiger partial charge is 0.378 e. The van der Waals surface area contributed by atoms with Gasteiger partial charge in [-0.15, -0.1) is 0 Å². The number of carbonyl (C=O) groups is 2. The summed E-state index contributed by atoms with van der Waals surface area (Å²) in [6.45, 7) is 1.93. The molecule has 1 unspecified atom stereocenters. The number of hydrogen-bond acceptors (Lipinski definition) is 4. The van der Waals surface area contributed by atoms with E-state index in [1.807, 2.05) is 6.07 Å². The smallest absolute Gasteiger partial charge is 0.257 e. The van der Waals surface area contributed by atoms with Gasteiger partial charge in [-0.2, -0.15) is 0 Å². The van der Waals surface area contributed by atoms with Crippen molar-refractivity contribution in [1.82, 2.24) is 5.32 Å². The van der Waals surface area contributed by atoms with Crippen molar-refractivity contribution in [3.63, 3.8) is 0 Å². The van der Waals surface area contributed by atoms with Crippen molar-refractivity contribution < 1.29 is 14.7 Å². The highest BCUT2D eigenvalue weighted by Gasteiger charge is 2.30. The molecule has 0 aliphatic carbocycles. The van der Waals surface area contributed by atoms with Crippen LogP contribution in [0.4, 0.5) is 11.4 Å². The number of nitrogens with zero attached hydrogens (tertiary/aromatic N) is 1. The number of hydrogen-bond donors (Lipinski definition) is 3. The van der Waals surface area contributed by atoms with Gasteiger partial charge < -0.3 is 20.6 Å². The minimum absolute atomic E-state index is 0.0495. The monoisotopic (exact) mass is 339 g/mol. The second-order valence-corrected chi connectivity index (χ2v) is 5.72. The molecule has 2 aliphatic heterocycles. The summed E-state index contributed by atoms with van der Waals surface area (Å²) < 4.78 is 0.807. The van der Waals surface area contributed by atoms with E-state index in [2.05, 4.69) is 31.5 Å². The Balaban J connectivity index is 1.93. The van der Waals surface area contributed by atoms with Gasteiger partial charge in [-0.1, -0.05) is 0 Å². The standard InChI is InChI=1S/C13H14BrN3O3/c14-8-5-7-9(16-13(20)12(7)19)6-10(8)17-3-1-11(18)15-2-4-17/h5-6,12,19H,1-4H2,(H,15,18)(H,16,20). The Morgan fingerprint density at radius 3 is 2.90 bits per heavy atom. The third kappa shape index (κ3) is 2.27. The third-order valence-corrected chi connectivity index (χ3v) is 4.21. The summed E-state index contributed by atoms with van der Waals surface area (Å²) in [6, 6.07) is 3.59. The molecule has 0 bridgehead atoms. The maximum atomic E-state index is 11.5. The van der Waals surface area contributed by atoms with Crippen molar-refractivity contribution >= 4 is 39.1 Å². The first kappa shape index (κ1) is 13.4. The van der Waals surface area contributed by atoms with E-state index < -0.39 is 12.0 Å². The molecule has 0 saturated carbocycles. The zero-order valence-corrected chi connectivity index (χ0v) is 12.2. The SMILES string of the molecule is O=C1CCN(c2cc3c(cc2Br)C(O)C(=O)N3)CCN1. The maximum Gasteiger partial charge on any atom is 0.257 e. The van der Waals surface area contributed by atoms with Gasteiger partial charge in [0.25, 0.3) is 5.91 Å². The van der Waals surface area contributed by atoms with Gasteiger partial charge in [0.05, 0.1) is 5.69 Å². The van der Waals surface area contributed by atoms with Crippen LogP contribution in [0.15, 0.2) is 16.6 Å². The molecular formula is C13H14BrN3O3. The number of benzene rings is 1. The lowest BCUT2D eigenvalue weighted by Crippen LogP contribution is -2.28. The van der Waals surface area contributed by atoms with E-state index in [4.69, 9.17) is 0 Å². The molecule has 1 atom stereocenters. The van der Waals surface area contributed by atoms with Crippen molar-refractivity contribution in [2.75, 3.05) is 29.9 Å². The Morgan fingerprint density at radius 2 is 2.10 bits per heavy atom. The molecule has 1 aromatic carbocycles. The zero-order chi connectivity index (χ0) is 14.3. The Morgan fingerprint density at radius 1 is 1.30 bits per heavy atom. The first-order chi connectivity index (χ1) is 9.56. The first-order valence-electron chi connectivity index (χ1n) is 6.40. The van der Waals surface area contributed by atoms with Crippen LogP contribution in [0.1, 0.15) is 18.1 Å². The second kappa shape index (κ2) is 5.06. The lowest BCUT2D eigenvalue weighted by atomic mass is 10.1. The topological polar surface area (TPSA) is 81.7 Å². The van der Waals surface area contributed by atoms with Gasteiger partial charge in [0.1, 0.15) is 0 Å². The van der Waals surface area contributed by atoms with Crippen LogP contribution < -0.4 is 15.5 Å².